The first kappa shape index (κ1) is 19.9. The van der Waals surface area contributed by atoms with Gasteiger partial charge >= 0.3 is 12.1 Å². The minimum absolute atomic E-state index is 0.204. The van der Waals surface area contributed by atoms with Crippen molar-refractivity contribution >= 4 is 17.6 Å². The fourth-order valence-electron chi connectivity index (χ4n) is 3.61. The van der Waals surface area contributed by atoms with Crippen LogP contribution in [-0.2, 0) is 23.2 Å². The highest BCUT2D eigenvalue weighted by atomic mass is 19.4. The van der Waals surface area contributed by atoms with Crippen LogP contribution in [-0.4, -0.2) is 56.5 Å². The molecule has 8 nitrogen and oxygen atoms in total. The fourth-order valence-corrected chi connectivity index (χ4v) is 3.61. The second-order valence-corrected chi connectivity index (χ2v) is 6.67. The lowest BCUT2D eigenvalue weighted by Crippen LogP contribution is -2.37. The number of alkyl halides is 3. The van der Waals surface area contributed by atoms with E-state index in [1.165, 1.54) is 5.56 Å². The lowest BCUT2D eigenvalue weighted by molar-refractivity contribution is -0.192. The molecule has 152 valence electrons. The normalized spacial score (nSPS) is 22.1. The predicted octanol–water partition coefficient (Wildman–Crippen LogP) is 2.03. The molecule has 0 aliphatic carbocycles. The van der Waals surface area contributed by atoms with Gasteiger partial charge in [-0.25, -0.2) is 4.79 Å². The number of likely N-dealkylation sites (tertiary alicyclic amines) is 1. The van der Waals surface area contributed by atoms with Gasteiger partial charge in [-0.05, 0) is 12.5 Å². The minimum atomic E-state index is -5.08. The van der Waals surface area contributed by atoms with Gasteiger partial charge in [0, 0.05) is 44.4 Å². The van der Waals surface area contributed by atoms with Crippen LogP contribution in [0.3, 0.4) is 0 Å². The van der Waals surface area contributed by atoms with Crippen LogP contribution in [0.4, 0.5) is 18.9 Å². The third-order valence-electron chi connectivity index (χ3n) is 4.79. The Morgan fingerprint density at radius 2 is 2.11 bits per heavy atom. The number of carboxylic acids is 1. The molecule has 2 saturated heterocycles. The summed E-state index contributed by atoms with van der Waals surface area (Å²) >= 11 is 0. The molecule has 0 aromatic carbocycles. The maximum Gasteiger partial charge on any atom is 0.490 e. The molecule has 0 saturated carbocycles. The van der Waals surface area contributed by atoms with Crippen LogP contribution < -0.4 is 4.90 Å². The Bertz CT molecular complexity index is 834. The molecular formula is C17H19F3N4O4. The molecule has 11 heteroatoms. The van der Waals surface area contributed by atoms with Crippen LogP contribution in [0.15, 0.2) is 35.4 Å². The number of fused-ring (bicyclic) bond motifs is 1. The second kappa shape index (κ2) is 7.66. The predicted molar refractivity (Wildman–Crippen MR) is 90.3 cm³/mol. The van der Waals surface area contributed by atoms with Crippen molar-refractivity contribution in [2.45, 2.75) is 37.6 Å². The quantitative estimate of drug-likeness (QED) is 0.848. The Balaban J connectivity index is 0.000000279. The topological polar surface area (TPSA) is 91.8 Å². The number of furan rings is 1. The molecule has 2 atom stereocenters. The van der Waals surface area contributed by atoms with Gasteiger partial charge in [0.2, 0.25) is 5.91 Å². The van der Waals surface area contributed by atoms with E-state index in [-0.39, 0.29) is 11.9 Å². The standard InChI is InChI=1S/C15H18N4O2.C2HF3O2/c1-17-9-12(7-16-17)19-13-2-4-18(14(13)6-15(19)20)8-11-3-5-21-10-11;3-2(4,5)1(6)7/h3,5,7,9-10,13-14H,2,4,6,8H2,1H3;(H,6,7)/t13-,14+;/m1./s1. The number of nitrogens with zero attached hydrogens (tertiary/aromatic N) is 4. The summed E-state index contributed by atoms with van der Waals surface area (Å²) in [6, 6.07) is 2.56. The summed E-state index contributed by atoms with van der Waals surface area (Å²) in [5, 5.41) is 11.3. The average molecular weight is 400 g/mol. The van der Waals surface area contributed by atoms with Crippen molar-refractivity contribution in [1.82, 2.24) is 14.7 Å². The number of carbonyl (C=O) groups excluding carboxylic acids is 1. The summed E-state index contributed by atoms with van der Waals surface area (Å²) in [5.41, 5.74) is 2.09. The zero-order valence-electron chi connectivity index (χ0n) is 15.0. The number of amides is 1. The first-order valence-electron chi connectivity index (χ1n) is 8.52. The third kappa shape index (κ3) is 4.19. The van der Waals surface area contributed by atoms with E-state index in [4.69, 9.17) is 14.3 Å². The number of aromatic nitrogens is 2. The van der Waals surface area contributed by atoms with E-state index >= 15 is 0 Å². The van der Waals surface area contributed by atoms with E-state index in [9.17, 15) is 18.0 Å². The van der Waals surface area contributed by atoms with Crippen LogP contribution in [0, 0.1) is 0 Å². The molecule has 1 amide bonds. The highest BCUT2D eigenvalue weighted by Gasteiger charge is 2.47. The lowest BCUT2D eigenvalue weighted by atomic mass is 10.1. The van der Waals surface area contributed by atoms with Crippen LogP contribution in [0.2, 0.25) is 0 Å². The summed E-state index contributed by atoms with van der Waals surface area (Å²) in [4.78, 5) is 25.6. The molecule has 0 bridgehead atoms. The second-order valence-electron chi connectivity index (χ2n) is 6.67. The fraction of sp³-hybridized carbons (Fsp3) is 0.471. The lowest BCUT2D eigenvalue weighted by Gasteiger charge is -2.24. The molecule has 2 aromatic rings. The largest absolute Gasteiger partial charge is 0.490 e. The summed E-state index contributed by atoms with van der Waals surface area (Å²) in [7, 11) is 1.88. The van der Waals surface area contributed by atoms with Gasteiger partial charge in [0.15, 0.2) is 0 Å². The molecule has 4 rings (SSSR count). The highest BCUT2D eigenvalue weighted by molar-refractivity contribution is 5.97. The number of halogens is 3. The average Bonchev–Trinajstić information content (AvgIpc) is 3.35. The van der Waals surface area contributed by atoms with Crippen LogP contribution >= 0.6 is 0 Å². The van der Waals surface area contributed by atoms with Crippen molar-refractivity contribution < 1.29 is 32.3 Å². The number of aryl methyl sites for hydroxylation is 1. The molecule has 4 heterocycles. The zero-order chi connectivity index (χ0) is 20.5. The van der Waals surface area contributed by atoms with Gasteiger partial charge < -0.3 is 14.4 Å². The first-order chi connectivity index (χ1) is 13.2. The number of carboxylic acid groups (broad SMARTS) is 1. The molecule has 2 fully saturated rings. The molecule has 0 radical (unpaired) electrons. The van der Waals surface area contributed by atoms with E-state index in [1.54, 1.807) is 23.4 Å². The van der Waals surface area contributed by atoms with Crippen molar-refractivity contribution in [3.05, 3.63) is 36.5 Å². The Morgan fingerprint density at radius 3 is 2.64 bits per heavy atom. The molecule has 2 aliphatic heterocycles. The molecular weight excluding hydrogens is 381 g/mol. The van der Waals surface area contributed by atoms with Crippen molar-refractivity contribution in [3.8, 4) is 0 Å². The van der Waals surface area contributed by atoms with Crippen molar-refractivity contribution in [3.63, 3.8) is 0 Å². The van der Waals surface area contributed by atoms with Gasteiger partial charge in [-0.15, -0.1) is 0 Å². The van der Waals surface area contributed by atoms with E-state index < -0.39 is 12.1 Å². The molecule has 2 aliphatic rings. The summed E-state index contributed by atoms with van der Waals surface area (Å²) in [6.07, 6.45) is 3.70. The van der Waals surface area contributed by atoms with E-state index in [0.29, 0.717) is 12.5 Å². The van der Waals surface area contributed by atoms with Gasteiger partial charge in [0.05, 0.1) is 30.5 Å². The number of aliphatic carboxylic acids is 1. The number of hydrogen-bond acceptors (Lipinski definition) is 5. The molecule has 0 spiro atoms. The Hall–Kier alpha value is -2.82. The molecule has 28 heavy (non-hydrogen) atoms. The number of rotatable bonds is 3. The Kier molecular flexibility index (Phi) is 5.45. The monoisotopic (exact) mass is 400 g/mol. The first-order valence-corrected chi connectivity index (χ1v) is 8.52. The van der Waals surface area contributed by atoms with Crippen LogP contribution in [0.25, 0.3) is 0 Å². The van der Waals surface area contributed by atoms with E-state index in [0.717, 1.165) is 25.2 Å². The Labute approximate surface area is 158 Å². The summed E-state index contributed by atoms with van der Waals surface area (Å²) in [5.74, 6) is -2.55. The third-order valence-corrected chi connectivity index (χ3v) is 4.79. The Morgan fingerprint density at radius 1 is 1.39 bits per heavy atom. The maximum atomic E-state index is 12.4. The SMILES string of the molecule is Cn1cc(N2C(=O)C[C@H]3[C@H]2CCN3Cc2ccoc2)cn1.O=C(O)C(F)(F)F. The van der Waals surface area contributed by atoms with Crippen LogP contribution in [0.5, 0.6) is 0 Å². The van der Waals surface area contributed by atoms with Crippen LogP contribution in [0.1, 0.15) is 18.4 Å². The number of hydrogen-bond donors (Lipinski definition) is 1. The van der Waals surface area contributed by atoms with E-state index in [1.807, 2.05) is 24.2 Å². The minimum Gasteiger partial charge on any atom is -0.475 e. The highest BCUT2D eigenvalue weighted by Crippen LogP contribution is 2.36. The molecule has 0 unspecified atom stereocenters. The van der Waals surface area contributed by atoms with Gasteiger partial charge in [0.1, 0.15) is 0 Å². The van der Waals surface area contributed by atoms with Gasteiger partial charge in [0.25, 0.3) is 0 Å². The van der Waals surface area contributed by atoms with Gasteiger partial charge in [-0.3, -0.25) is 14.4 Å². The van der Waals surface area contributed by atoms with Gasteiger partial charge in [-0.1, -0.05) is 0 Å². The van der Waals surface area contributed by atoms with E-state index in [2.05, 4.69) is 10.00 Å². The maximum absolute atomic E-state index is 12.4. The van der Waals surface area contributed by atoms with Gasteiger partial charge in [-0.2, -0.15) is 18.3 Å². The summed E-state index contributed by atoms with van der Waals surface area (Å²) in [6.45, 7) is 1.87. The number of anilines is 1. The van der Waals surface area contributed by atoms with Crippen molar-refractivity contribution in [1.29, 1.82) is 0 Å². The van der Waals surface area contributed by atoms with Crippen molar-refractivity contribution in [2.24, 2.45) is 7.05 Å². The number of carbonyl (C=O) groups is 2. The molecule has 1 N–H and O–H groups in total. The molecule has 2 aromatic heterocycles. The zero-order valence-corrected chi connectivity index (χ0v) is 15.0. The summed E-state index contributed by atoms with van der Waals surface area (Å²) < 4.78 is 38.6. The van der Waals surface area contributed by atoms with Crippen molar-refractivity contribution in [2.75, 3.05) is 11.4 Å². The smallest absolute Gasteiger partial charge is 0.475 e.